The number of amides is 1. The maximum absolute atomic E-state index is 12.6. The van der Waals surface area contributed by atoms with Crippen molar-refractivity contribution >= 4 is 22.4 Å². The van der Waals surface area contributed by atoms with Crippen molar-refractivity contribution in [2.24, 2.45) is 0 Å². The smallest absolute Gasteiger partial charge is 0.273 e. The molecular formula is C22H27N5O3S. The van der Waals surface area contributed by atoms with E-state index in [1.54, 1.807) is 18.3 Å². The Balaban J connectivity index is 1.65. The predicted octanol–water partition coefficient (Wildman–Crippen LogP) is 3.66. The Kier molecular flexibility index (Phi) is 6.06. The monoisotopic (exact) mass is 441 g/mol. The number of oxazole rings is 1. The number of anilines is 1. The average Bonchev–Trinajstić information content (AvgIpc) is 3.31. The second kappa shape index (κ2) is 8.76. The fraction of sp³-hybridized carbons (Fsp3) is 0.455. The summed E-state index contributed by atoms with van der Waals surface area (Å²) in [5, 5.41) is 3.88. The summed E-state index contributed by atoms with van der Waals surface area (Å²) in [6, 6.07) is 4.11. The number of morpholine rings is 1. The molecule has 1 amide bonds. The van der Waals surface area contributed by atoms with Crippen LogP contribution in [-0.4, -0.2) is 46.2 Å². The standard InChI is InChI=1S/C22H27N5O3S/c1-12-6-17(7-13(2)25-12)20-18(8-23-21(28)19-16(5)29-11-24-19)26-22(31-20)27-9-14(3)30-15(4)10-27/h6-7,11,14-15H,8-10H2,1-5H3,(H,23,28)/t14-,15+. The number of hydrogen-bond acceptors (Lipinski definition) is 8. The molecule has 4 heterocycles. The molecule has 3 aromatic rings. The van der Waals surface area contributed by atoms with Crippen LogP contribution < -0.4 is 10.2 Å². The van der Waals surface area contributed by atoms with Crippen LogP contribution in [0.4, 0.5) is 5.13 Å². The number of hydrogen-bond donors (Lipinski definition) is 1. The van der Waals surface area contributed by atoms with Gasteiger partial charge in [-0.2, -0.15) is 0 Å². The molecule has 9 heteroatoms. The van der Waals surface area contributed by atoms with Crippen molar-refractivity contribution < 1.29 is 13.9 Å². The molecular weight excluding hydrogens is 414 g/mol. The van der Waals surface area contributed by atoms with Crippen molar-refractivity contribution in [2.45, 2.75) is 53.4 Å². The molecule has 1 fully saturated rings. The van der Waals surface area contributed by atoms with Crippen molar-refractivity contribution in [3.63, 3.8) is 0 Å². The van der Waals surface area contributed by atoms with Gasteiger partial charge in [0, 0.05) is 24.5 Å². The second-order valence-corrected chi connectivity index (χ2v) is 8.99. The highest BCUT2D eigenvalue weighted by Crippen LogP contribution is 2.36. The van der Waals surface area contributed by atoms with Crippen molar-refractivity contribution in [3.8, 4) is 10.4 Å². The van der Waals surface area contributed by atoms with E-state index >= 15 is 0 Å². The van der Waals surface area contributed by atoms with E-state index in [1.807, 2.05) is 13.8 Å². The lowest BCUT2D eigenvalue weighted by molar-refractivity contribution is -0.00523. The van der Waals surface area contributed by atoms with E-state index < -0.39 is 0 Å². The summed E-state index contributed by atoms with van der Waals surface area (Å²) in [5.74, 6) is 0.218. The molecule has 1 aliphatic rings. The SMILES string of the molecule is Cc1cc(-c2sc(N3C[C@@H](C)O[C@@H](C)C3)nc2CNC(=O)c2ncoc2C)cc(C)n1. The van der Waals surface area contributed by atoms with Gasteiger partial charge in [0.2, 0.25) is 0 Å². The van der Waals surface area contributed by atoms with Gasteiger partial charge in [0.05, 0.1) is 29.3 Å². The van der Waals surface area contributed by atoms with E-state index in [4.69, 9.17) is 14.1 Å². The van der Waals surface area contributed by atoms with Crippen LogP contribution in [0.2, 0.25) is 0 Å². The van der Waals surface area contributed by atoms with Crippen molar-refractivity contribution in [3.05, 3.63) is 47.1 Å². The summed E-state index contributed by atoms with van der Waals surface area (Å²) in [5.41, 5.74) is 4.08. The molecule has 8 nitrogen and oxygen atoms in total. The molecule has 0 spiro atoms. The van der Waals surface area contributed by atoms with Gasteiger partial charge in [-0.1, -0.05) is 11.3 Å². The first-order chi connectivity index (χ1) is 14.8. The third-order valence-corrected chi connectivity index (χ3v) is 6.30. The number of ether oxygens (including phenoxy) is 1. The first kappa shape index (κ1) is 21.5. The number of carbonyl (C=O) groups excluding carboxylic acids is 1. The van der Waals surface area contributed by atoms with Crippen LogP contribution in [0.15, 0.2) is 22.9 Å². The summed E-state index contributed by atoms with van der Waals surface area (Å²) in [6.07, 6.45) is 1.56. The van der Waals surface area contributed by atoms with Gasteiger partial charge in [0.15, 0.2) is 17.2 Å². The van der Waals surface area contributed by atoms with Gasteiger partial charge < -0.3 is 19.4 Å². The van der Waals surface area contributed by atoms with Crippen molar-refractivity contribution in [2.75, 3.05) is 18.0 Å². The summed E-state index contributed by atoms with van der Waals surface area (Å²) in [7, 11) is 0. The molecule has 2 atom stereocenters. The number of rotatable bonds is 5. The maximum Gasteiger partial charge on any atom is 0.273 e. The minimum atomic E-state index is -0.276. The zero-order valence-corrected chi connectivity index (χ0v) is 19.2. The Morgan fingerprint density at radius 2 is 1.84 bits per heavy atom. The van der Waals surface area contributed by atoms with Crippen molar-refractivity contribution in [1.82, 2.24) is 20.3 Å². The van der Waals surface area contributed by atoms with Gasteiger partial charge in [-0.15, -0.1) is 0 Å². The highest BCUT2D eigenvalue weighted by molar-refractivity contribution is 7.19. The summed E-state index contributed by atoms with van der Waals surface area (Å²) < 4.78 is 11.0. The molecule has 31 heavy (non-hydrogen) atoms. The Morgan fingerprint density at radius 3 is 2.45 bits per heavy atom. The van der Waals surface area contributed by atoms with E-state index in [9.17, 15) is 4.79 Å². The Labute approximate surface area is 185 Å². The van der Waals surface area contributed by atoms with Gasteiger partial charge in [-0.25, -0.2) is 9.97 Å². The first-order valence-corrected chi connectivity index (χ1v) is 11.2. The third kappa shape index (κ3) is 4.77. The van der Waals surface area contributed by atoms with Crippen LogP contribution in [0, 0.1) is 20.8 Å². The van der Waals surface area contributed by atoms with Gasteiger partial charge in [0.1, 0.15) is 5.76 Å². The van der Waals surface area contributed by atoms with E-state index in [0.717, 1.165) is 45.7 Å². The number of nitrogens with zero attached hydrogens (tertiary/aromatic N) is 4. The predicted molar refractivity (Wildman–Crippen MR) is 119 cm³/mol. The quantitative estimate of drug-likeness (QED) is 0.646. The Bertz CT molecular complexity index is 1060. The van der Waals surface area contributed by atoms with Crippen molar-refractivity contribution in [1.29, 1.82) is 0 Å². The van der Waals surface area contributed by atoms with Gasteiger partial charge in [-0.05, 0) is 52.3 Å². The second-order valence-electron chi connectivity index (χ2n) is 8.01. The van der Waals surface area contributed by atoms with Gasteiger partial charge in [-0.3, -0.25) is 9.78 Å². The fourth-order valence-electron chi connectivity index (χ4n) is 3.89. The maximum atomic E-state index is 12.6. The third-order valence-electron chi connectivity index (χ3n) is 5.10. The summed E-state index contributed by atoms with van der Waals surface area (Å²) in [4.78, 5) is 29.3. The zero-order chi connectivity index (χ0) is 22.1. The minimum Gasteiger partial charge on any atom is -0.448 e. The summed E-state index contributed by atoms with van der Waals surface area (Å²) in [6.45, 7) is 11.7. The fourth-order valence-corrected chi connectivity index (χ4v) is 4.98. The number of pyridine rings is 1. The number of nitrogens with one attached hydrogen (secondary N) is 1. The van der Waals surface area contributed by atoms with E-state index in [2.05, 4.69) is 46.2 Å². The van der Waals surface area contributed by atoms with Crippen LogP contribution in [0.25, 0.3) is 10.4 Å². The van der Waals surface area contributed by atoms with Gasteiger partial charge >= 0.3 is 0 Å². The normalized spacial score (nSPS) is 18.9. The molecule has 0 saturated carbocycles. The molecule has 1 aliphatic heterocycles. The molecule has 0 unspecified atom stereocenters. The molecule has 3 aromatic heterocycles. The molecule has 1 N–H and O–H groups in total. The number of thiazole rings is 1. The molecule has 164 valence electrons. The lowest BCUT2D eigenvalue weighted by atomic mass is 10.1. The largest absolute Gasteiger partial charge is 0.448 e. The highest BCUT2D eigenvalue weighted by atomic mass is 32.1. The summed E-state index contributed by atoms with van der Waals surface area (Å²) >= 11 is 1.64. The molecule has 4 rings (SSSR count). The van der Waals surface area contributed by atoms with Crippen LogP contribution in [0.5, 0.6) is 0 Å². The number of carbonyl (C=O) groups is 1. The number of aryl methyl sites for hydroxylation is 3. The lowest BCUT2D eigenvalue weighted by Crippen LogP contribution is -2.45. The van der Waals surface area contributed by atoms with E-state index in [0.29, 0.717) is 18.0 Å². The van der Waals surface area contributed by atoms with Crippen LogP contribution in [0.1, 0.15) is 47.2 Å². The Hall–Kier alpha value is -2.78. The van der Waals surface area contributed by atoms with E-state index in [-0.39, 0.29) is 18.1 Å². The molecule has 0 aromatic carbocycles. The molecule has 1 saturated heterocycles. The van der Waals surface area contributed by atoms with Crippen LogP contribution >= 0.6 is 11.3 Å². The average molecular weight is 442 g/mol. The highest BCUT2D eigenvalue weighted by Gasteiger charge is 2.26. The zero-order valence-electron chi connectivity index (χ0n) is 18.4. The van der Waals surface area contributed by atoms with E-state index in [1.165, 1.54) is 6.39 Å². The minimum absolute atomic E-state index is 0.139. The lowest BCUT2D eigenvalue weighted by Gasteiger charge is -2.35. The number of aromatic nitrogens is 3. The first-order valence-electron chi connectivity index (χ1n) is 10.3. The molecule has 0 radical (unpaired) electrons. The molecule has 0 bridgehead atoms. The Morgan fingerprint density at radius 1 is 1.16 bits per heavy atom. The van der Waals surface area contributed by atoms with Crippen LogP contribution in [-0.2, 0) is 11.3 Å². The van der Waals surface area contributed by atoms with Gasteiger partial charge in [0.25, 0.3) is 5.91 Å². The van der Waals surface area contributed by atoms with Crippen LogP contribution in [0.3, 0.4) is 0 Å². The topological polar surface area (TPSA) is 93.4 Å². The molecule has 0 aliphatic carbocycles.